The van der Waals surface area contributed by atoms with Crippen molar-refractivity contribution in [2.24, 2.45) is 10.7 Å². The number of thioether (sulfide) groups is 1. The molecule has 0 bridgehead atoms. The molecular weight excluding hydrogens is 310 g/mol. The predicted molar refractivity (Wildman–Crippen MR) is 92.4 cm³/mol. The van der Waals surface area contributed by atoms with Crippen molar-refractivity contribution in [1.82, 2.24) is 5.32 Å². The zero-order chi connectivity index (χ0) is 16.3. The third kappa shape index (κ3) is 3.59. The Morgan fingerprint density at radius 2 is 2.17 bits per heavy atom. The van der Waals surface area contributed by atoms with E-state index in [1.54, 1.807) is 24.1 Å². The van der Waals surface area contributed by atoms with Crippen LogP contribution in [-0.4, -0.2) is 16.8 Å². The summed E-state index contributed by atoms with van der Waals surface area (Å²) >= 11 is 1.58. The normalized spacial score (nSPS) is 20.8. The maximum absolute atomic E-state index is 12.2. The van der Waals surface area contributed by atoms with E-state index in [2.05, 4.69) is 17.2 Å². The lowest BCUT2D eigenvalue weighted by atomic mass is 9.89. The Hall–Kier alpha value is -2.21. The van der Waals surface area contributed by atoms with Gasteiger partial charge in [0, 0.05) is 11.3 Å². The highest BCUT2D eigenvalue weighted by Gasteiger charge is 2.29. The Labute approximate surface area is 139 Å². The standard InChI is InChI=1S/C17H19N3O2S/c1-17(8-10-23-16(18)20-17)13-6-4-12(5-7-13)15(21)19-11-14-3-2-9-22-14/h2-7,9H,8,10-11H2,1H3,(H2,18,20)(H,19,21). The summed E-state index contributed by atoms with van der Waals surface area (Å²) in [5, 5.41) is 3.46. The number of benzene rings is 1. The largest absolute Gasteiger partial charge is 0.467 e. The molecule has 0 radical (unpaired) electrons. The molecule has 1 aromatic heterocycles. The smallest absolute Gasteiger partial charge is 0.251 e. The van der Waals surface area contributed by atoms with Crippen LogP contribution >= 0.6 is 11.8 Å². The molecule has 2 heterocycles. The molecule has 1 amide bonds. The average molecular weight is 329 g/mol. The van der Waals surface area contributed by atoms with Crippen molar-refractivity contribution < 1.29 is 9.21 Å². The number of amides is 1. The Bertz CT molecular complexity index is 710. The fraction of sp³-hybridized carbons (Fsp3) is 0.294. The third-order valence-corrected chi connectivity index (χ3v) is 4.76. The van der Waals surface area contributed by atoms with Crippen LogP contribution in [0.5, 0.6) is 0 Å². The molecule has 0 spiro atoms. The monoisotopic (exact) mass is 329 g/mol. The number of rotatable bonds is 4. The summed E-state index contributed by atoms with van der Waals surface area (Å²) < 4.78 is 5.20. The molecule has 1 unspecified atom stereocenters. The molecule has 1 atom stereocenters. The van der Waals surface area contributed by atoms with Crippen molar-refractivity contribution in [3.8, 4) is 0 Å². The van der Waals surface area contributed by atoms with Gasteiger partial charge in [0.25, 0.3) is 5.91 Å². The Morgan fingerprint density at radius 3 is 2.83 bits per heavy atom. The summed E-state index contributed by atoms with van der Waals surface area (Å²) in [6, 6.07) is 11.2. The number of furan rings is 1. The summed E-state index contributed by atoms with van der Waals surface area (Å²) in [5.74, 6) is 1.56. The zero-order valence-corrected chi connectivity index (χ0v) is 13.7. The van der Waals surface area contributed by atoms with E-state index in [1.807, 2.05) is 30.3 Å². The van der Waals surface area contributed by atoms with Gasteiger partial charge in [0.15, 0.2) is 5.17 Å². The van der Waals surface area contributed by atoms with E-state index in [-0.39, 0.29) is 11.4 Å². The van der Waals surface area contributed by atoms with Gasteiger partial charge in [0.2, 0.25) is 0 Å². The van der Waals surface area contributed by atoms with Gasteiger partial charge >= 0.3 is 0 Å². The first-order valence-corrected chi connectivity index (χ1v) is 8.45. The minimum absolute atomic E-state index is 0.125. The predicted octanol–water partition coefficient (Wildman–Crippen LogP) is 2.88. The first kappa shape index (κ1) is 15.7. The van der Waals surface area contributed by atoms with Crippen molar-refractivity contribution in [3.63, 3.8) is 0 Å². The Morgan fingerprint density at radius 1 is 1.39 bits per heavy atom. The summed E-state index contributed by atoms with van der Waals surface area (Å²) in [6.45, 7) is 2.45. The van der Waals surface area contributed by atoms with E-state index >= 15 is 0 Å². The van der Waals surface area contributed by atoms with Crippen molar-refractivity contribution in [3.05, 3.63) is 59.5 Å². The first-order chi connectivity index (χ1) is 11.1. The lowest BCUT2D eigenvalue weighted by molar-refractivity contribution is 0.0948. The fourth-order valence-electron chi connectivity index (χ4n) is 2.56. The quantitative estimate of drug-likeness (QED) is 0.904. The van der Waals surface area contributed by atoms with E-state index in [9.17, 15) is 4.79 Å². The Kier molecular flexibility index (Phi) is 4.43. The number of nitrogens with one attached hydrogen (secondary N) is 1. The van der Waals surface area contributed by atoms with Gasteiger partial charge in [-0.3, -0.25) is 9.79 Å². The third-order valence-electron chi connectivity index (χ3n) is 3.97. The van der Waals surface area contributed by atoms with Crippen molar-refractivity contribution >= 4 is 22.8 Å². The molecular formula is C17H19N3O2S. The minimum atomic E-state index is -0.307. The number of carbonyl (C=O) groups is 1. The number of nitrogens with two attached hydrogens (primary N) is 1. The second-order valence-electron chi connectivity index (χ2n) is 5.66. The van der Waals surface area contributed by atoms with Gasteiger partial charge in [-0.05, 0) is 43.2 Å². The van der Waals surface area contributed by atoms with Crippen molar-refractivity contribution in [2.75, 3.05) is 5.75 Å². The maximum Gasteiger partial charge on any atom is 0.251 e. The van der Waals surface area contributed by atoms with Gasteiger partial charge in [-0.2, -0.15) is 0 Å². The van der Waals surface area contributed by atoms with Gasteiger partial charge < -0.3 is 15.5 Å². The number of carbonyl (C=O) groups excluding carboxylic acids is 1. The summed E-state index contributed by atoms with van der Waals surface area (Å²) in [4.78, 5) is 16.7. The van der Waals surface area contributed by atoms with Crippen molar-refractivity contribution in [1.29, 1.82) is 0 Å². The molecule has 6 heteroatoms. The molecule has 0 saturated carbocycles. The molecule has 1 aliphatic rings. The van der Waals surface area contributed by atoms with Crippen molar-refractivity contribution in [2.45, 2.75) is 25.4 Å². The molecule has 0 aliphatic carbocycles. The van der Waals surface area contributed by atoms with Crippen LogP contribution in [-0.2, 0) is 12.1 Å². The van der Waals surface area contributed by atoms with Crippen LogP contribution in [0.2, 0.25) is 0 Å². The van der Waals surface area contributed by atoms with E-state index in [1.165, 1.54) is 0 Å². The Balaban J connectivity index is 1.69. The van der Waals surface area contributed by atoms with Crippen LogP contribution in [0.4, 0.5) is 0 Å². The highest BCUT2D eigenvalue weighted by molar-refractivity contribution is 8.13. The van der Waals surface area contributed by atoms with Gasteiger partial charge in [-0.25, -0.2) is 0 Å². The van der Waals surface area contributed by atoms with E-state index in [0.29, 0.717) is 17.3 Å². The average Bonchev–Trinajstić information content (AvgIpc) is 3.06. The molecule has 120 valence electrons. The van der Waals surface area contributed by atoms with Gasteiger partial charge in [-0.1, -0.05) is 23.9 Å². The number of amidine groups is 1. The van der Waals surface area contributed by atoms with Crippen LogP contribution in [0.15, 0.2) is 52.1 Å². The summed E-state index contributed by atoms with van der Waals surface area (Å²) in [5.41, 5.74) is 7.23. The van der Waals surface area contributed by atoms with Gasteiger partial charge in [0.1, 0.15) is 5.76 Å². The molecule has 1 aromatic carbocycles. The van der Waals surface area contributed by atoms with E-state index in [4.69, 9.17) is 10.2 Å². The number of hydrogen-bond acceptors (Lipinski definition) is 5. The van der Waals surface area contributed by atoms with Crippen LogP contribution < -0.4 is 11.1 Å². The number of hydrogen-bond donors (Lipinski definition) is 2. The van der Waals surface area contributed by atoms with Crippen LogP contribution in [0.25, 0.3) is 0 Å². The molecule has 3 N–H and O–H groups in total. The summed E-state index contributed by atoms with van der Waals surface area (Å²) in [6.07, 6.45) is 2.52. The van der Waals surface area contributed by atoms with Crippen LogP contribution in [0, 0.1) is 0 Å². The molecule has 2 aromatic rings. The molecule has 3 rings (SSSR count). The molecule has 0 saturated heterocycles. The second-order valence-corrected chi connectivity index (χ2v) is 6.78. The first-order valence-electron chi connectivity index (χ1n) is 7.46. The number of aliphatic imine (C=N–C) groups is 1. The topological polar surface area (TPSA) is 80.6 Å². The SMILES string of the molecule is CC1(c2ccc(C(=O)NCc3ccco3)cc2)CCSC(N)=N1. The van der Waals surface area contributed by atoms with Gasteiger partial charge in [0.05, 0.1) is 18.3 Å². The maximum atomic E-state index is 12.2. The molecule has 23 heavy (non-hydrogen) atoms. The lowest BCUT2D eigenvalue weighted by Gasteiger charge is -2.29. The lowest BCUT2D eigenvalue weighted by Crippen LogP contribution is -2.29. The van der Waals surface area contributed by atoms with Gasteiger partial charge in [-0.15, -0.1) is 0 Å². The zero-order valence-electron chi connectivity index (χ0n) is 12.9. The highest BCUT2D eigenvalue weighted by atomic mass is 32.2. The minimum Gasteiger partial charge on any atom is -0.467 e. The molecule has 5 nitrogen and oxygen atoms in total. The second kappa shape index (κ2) is 6.50. The van der Waals surface area contributed by atoms with E-state index in [0.717, 1.165) is 23.5 Å². The fourth-order valence-corrected chi connectivity index (χ4v) is 3.53. The highest BCUT2D eigenvalue weighted by Crippen LogP contribution is 2.34. The van der Waals surface area contributed by atoms with E-state index < -0.39 is 0 Å². The number of nitrogens with zero attached hydrogens (tertiary/aromatic N) is 1. The summed E-state index contributed by atoms with van der Waals surface area (Å²) in [7, 11) is 0. The van der Waals surface area contributed by atoms with Crippen LogP contribution in [0.3, 0.4) is 0 Å². The molecule has 1 aliphatic heterocycles. The molecule has 0 fully saturated rings. The van der Waals surface area contributed by atoms with Crippen LogP contribution in [0.1, 0.15) is 35.0 Å².